The molecule has 8 heteroatoms. The Bertz CT molecular complexity index is 836. The largest absolute Gasteiger partial charge is 0.497 e. The lowest BCUT2D eigenvalue weighted by Crippen LogP contribution is -2.90. The van der Waals surface area contributed by atoms with Gasteiger partial charge in [-0.3, -0.25) is 5.73 Å². The average Bonchev–Trinajstić information content (AvgIpc) is 3.22. The van der Waals surface area contributed by atoms with Crippen molar-refractivity contribution in [1.82, 2.24) is 0 Å². The molecule has 3 N–H and O–H groups in total. The predicted molar refractivity (Wildman–Crippen MR) is 85.3 cm³/mol. The highest BCUT2D eigenvalue weighted by Gasteiger charge is 2.97. The van der Waals surface area contributed by atoms with E-state index in [0.717, 1.165) is 0 Å². The summed E-state index contributed by atoms with van der Waals surface area (Å²) < 4.78 is 21.6. The van der Waals surface area contributed by atoms with Crippen LogP contribution >= 0.6 is 0 Å². The lowest BCUT2D eigenvalue weighted by molar-refractivity contribution is -0.687. The minimum Gasteiger partial charge on any atom is -0.497 e. The van der Waals surface area contributed by atoms with E-state index in [0.29, 0.717) is 17.1 Å². The molecule has 25 heavy (non-hydrogen) atoms. The summed E-state index contributed by atoms with van der Waals surface area (Å²) in [7, 11) is 5.86. The molecule has 3 atom stereocenters. The van der Waals surface area contributed by atoms with Gasteiger partial charge in [0.2, 0.25) is 0 Å². The van der Waals surface area contributed by atoms with Crippen LogP contribution in [-0.4, -0.2) is 40.2 Å². The summed E-state index contributed by atoms with van der Waals surface area (Å²) in [6.07, 6.45) is 0. The molecule has 1 heterocycles. The summed E-state index contributed by atoms with van der Waals surface area (Å²) in [5.74, 6) is -0.878. The predicted octanol–water partition coefficient (Wildman–Crippen LogP) is -0.781. The van der Waals surface area contributed by atoms with Crippen LogP contribution in [0.4, 0.5) is 0 Å². The van der Waals surface area contributed by atoms with Crippen LogP contribution in [0.1, 0.15) is 11.5 Å². The number of hydrogen-bond acceptors (Lipinski definition) is 7. The maximum absolute atomic E-state index is 10.0. The molecule has 0 amide bonds. The van der Waals surface area contributed by atoms with Crippen LogP contribution < -0.4 is 20.2 Å². The van der Waals surface area contributed by atoms with Crippen molar-refractivity contribution in [2.45, 2.75) is 11.8 Å². The molecule has 1 aliphatic heterocycles. The third-order valence-electron chi connectivity index (χ3n) is 5.33. The zero-order chi connectivity index (χ0) is 18.5. The number of rotatable bonds is 5. The minimum atomic E-state index is -1.53. The van der Waals surface area contributed by atoms with Crippen molar-refractivity contribution >= 4 is 5.84 Å². The maximum atomic E-state index is 10.0. The molecule has 0 bridgehead atoms. The van der Waals surface area contributed by atoms with Crippen molar-refractivity contribution in [3.05, 3.63) is 23.8 Å². The molecule has 0 spiro atoms. The molecule has 0 saturated heterocycles. The quantitative estimate of drug-likeness (QED) is 0.672. The molecule has 8 nitrogen and oxygen atoms in total. The Balaban J connectivity index is 2.25. The highest BCUT2D eigenvalue weighted by Crippen LogP contribution is 2.79. The molecule has 1 aliphatic carbocycles. The zero-order valence-electron chi connectivity index (χ0n) is 14.4. The van der Waals surface area contributed by atoms with Crippen LogP contribution in [0.2, 0.25) is 0 Å². The third kappa shape index (κ3) is 1.63. The number of methoxy groups -OCH3 is 4. The van der Waals surface area contributed by atoms with Gasteiger partial charge >= 0.3 is 5.91 Å². The van der Waals surface area contributed by atoms with Crippen molar-refractivity contribution in [2.75, 3.05) is 28.4 Å². The van der Waals surface area contributed by atoms with Crippen LogP contribution in [0.15, 0.2) is 18.2 Å². The van der Waals surface area contributed by atoms with Crippen molar-refractivity contribution in [2.24, 2.45) is 16.6 Å². The number of fused-ring (bicyclic) bond motifs is 1. The van der Waals surface area contributed by atoms with E-state index in [4.69, 9.17) is 24.7 Å². The van der Waals surface area contributed by atoms with Gasteiger partial charge in [-0.15, -0.1) is 0 Å². The smallest absolute Gasteiger partial charge is 0.342 e. The van der Waals surface area contributed by atoms with Gasteiger partial charge in [0.1, 0.15) is 11.5 Å². The first-order valence-electron chi connectivity index (χ1n) is 7.54. The van der Waals surface area contributed by atoms with Gasteiger partial charge in [0.25, 0.3) is 5.84 Å². The highest BCUT2D eigenvalue weighted by molar-refractivity contribution is 5.95. The lowest BCUT2D eigenvalue weighted by Gasteiger charge is -2.27. The van der Waals surface area contributed by atoms with Crippen molar-refractivity contribution in [3.8, 4) is 23.6 Å². The summed E-state index contributed by atoms with van der Waals surface area (Å²) in [6.45, 7) is 0. The normalized spacial score (nSPS) is 31.3. The summed E-state index contributed by atoms with van der Waals surface area (Å²) in [6, 6.07) is 9.66. The van der Waals surface area contributed by atoms with Crippen molar-refractivity contribution < 1.29 is 23.9 Å². The molecular formula is C17H19N4O4+. The number of nitrogens with two attached hydrogens (primary N) is 1. The molecule has 1 aromatic carbocycles. The first-order chi connectivity index (χ1) is 12.0. The minimum absolute atomic E-state index is 0.142. The van der Waals surface area contributed by atoms with E-state index in [2.05, 4.69) is 17.1 Å². The monoisotopic (exact) mass is 343 g/mol. The molecule has 0 aromatic heterocycles. The second-order valence-electron chi connectivity index (χ2n) is 5.94. The first-order valence-corrected chi connectivity index (χ1v) is 7.54. The number of nitrogens with zero attached hydrogens (tertiary/aromatic N) is 2. The molecule has 1 saturated carbocycles. The lowest BCUT2D eigenvalue weighted by atomic mass is 9.93. The Morgan fingerprint density at radius 3 is 2.24 bits per heavy atom. The summed E-state index contributed by atoms with van der Waals surface area (Å²) >= 11 is 0. The average molecular weight is 343 g/mol. The molecule has 0 unspecified atom stereocenters. The van der Waals surface area contributed by atoms with E-state index in [1.165, 1.54) is 21.3 Å². The topological polar surface area (TPSA) is 124 Å². The number of ether oxygens (including phenoxy) is 4. The van der Waals surface area contributed by atoms with Gasteiger partial charge in [-0.25, -0.2) is 4.99 Å². The fourth-order valence-electron chi connectivity index (χ4n) is 4.14. The molecule has 3 rings (SSSR count). The second kappa shape index (κ2) is 5.35. The number of nitriles is 2. The zero-order valence-corrected chi connectivity index (χ0v) is 14.4. The molecule has 1 aromatic rings. The van der Waals surface area contributed by atoms with Crippen LogP contribution in [0.25, 0.3) is 0 Å². The summed E-state index contributed by atoms with van der Waals surface area (Å²) in [4.78, 5) is 2.85. The number of nitrogens with one attached hydrogen (secondary N) is 1. The molecular weight excluding hydrogens is 324 g/mol. The van der Waals surface area contributed by atoms with Crippen LogP contribution in [-0.2, 0) is 9.47 Å². The number of amidine groups is 1. The number of hydrogen-bond donors (Lipinski definition) is 2. The van der Waals surface area contributed by atoms with E-state index >= 15 is 0 Å². The van der Waals surface area contributed by atoms with Gasteiger partial charge < -0.3 is 18.9 Å². The van der Waals surface area contributed by atoms with Gasteiger partial charge in [-0.05, 0) is 6.07 Å². The Morgan fingerprint density at radius 1 is 1.08 bits per heavy atom. The Hall–Kier alpha value is -2.81. The fourth-order valence-corrected chi connectivity index (χ4v) is 4.14. The first kappa shape index (κ1) is 17.0. The highest BCUT2D eigenvalue weighted by atomic mass is 16.7. The van der Waals surface area contributed by atoms with Crippen molar-refractivity contribution in [3.63, 3.8) is 0 Å². The molecule has 0 radical (unpaired) electrons. The fraction of sp³-hybridized carbons (Fsp3) is 0.471. The molecule has 1 fully saturated rings. The standard InChI is InChI=1S/C17H18N4O4/c1-22-10-5-6-11(12(7-10)23-2)13-15(8-18)14(20)21-17(24-3,25-4)16(13,15)9-19/h5-7,13H,1-4H3,(H2,20,21)/p+1/t13-,15-,16-/m1/s1. The van der Waals surface area contributed by atoms with Crippen LogP contribution in [0.5, 0.6) is 11.5 Å². The van der Waals surface area contributed by atoms with Gasteiger partial charge in [0.15, 0.2) is 10.8 Å². The second-order valence-corrected chi connectivity index (χ2v) is 5.94. The van der Waals surface area contributed by atoms with Crippen molar-refractivity contribution in [1.29, 1.82) is 10.5 Å². The van der Waals surface area contributed by atoms with E-state index in [-0.39, 0.29) is 5.84 Å². The number of benzene rings is 1. The van der Waals surface area contributed by atoms with E-state index < -0.39 is 22.7 Å². The summed E-state index contributed by atoms with van der Waals surface area (Å²) in [5, 5.41) is 20.0. The molecule has 2 aliphatic rings. The molecule has 130 valence electrons. The van der Waals surface area contributed by atoms with Gasteiger partial charge in [0.05, 0.1) is 32.3 Å². The third-order valence-corrected chi connectivity index (χ3v) is 5.33. The van der Waals surface area contributed by atoms with Gasteiger partial charge in [-0.2, -0.15) is 10.5 Å². The van der Waals surface area contributed by atoms with Crippen LogP contribution in [0, 0.1) is 33.5 Å². The SMILES string of the molecule is COc1ccc([C@@H]2[C@]3(C#N)C(N)=[NH+]C(OC)(OC)[C@]23C#N)c(OC)c1. The van der Waals surface area contributed by atoms with E-state index in [1.807, 2.05) is 0 Å². The van der Waals surface area contributed by atoms with E-state index in [1.54, 1.807) is 25.3 Å². The van der Waals surface area contributed by atoms with Gasteiger partial charge in [0, 0.05) is 25.8 Å². The Kier molecular flexibility index (Phi) is 3.64. The summed E-state index contributed by atoms with van der Waals surface area (Å²) in [5.41, 5.74) is 4.14. The van der Waals surface area contributed by atoms with Crippen LogP contribution in [0.3, 0.4) is 0 Å². The Morgan fingerprint density at radius 2 is 1.76 bits per heavy atom. The van der Waals surface area contributed by atoms with E-state index in [9.17, 15) is 10.5 Å². The van der Waals surface area contributed by atoms with Gasteiger partial charge in [-0.1, -0.05) is 6.07 Å². The maximum Gasteiger partial charge on any atom is 0.342 e. The Labute approximate surface area is 145 Å².